The third-order valence-electron chi connectivity index (χ3n) is 3.30. The topological polar surface area (TPSA) is 73.9 Å². The second kappa shape index (κ2) is 12.1. The summed E-state index contributed by atoms with van der Waals surface area (Å²) in [7, 11) is 0. The van der Waals surface area contributed by atoms with Crippen molar-refractivity contribution >= 4 is 11.9 Å². The van der Waals surface area contributed by atoms with Gasteiger partial charge in [-0.15, -0.1) is 6.58 Å². The molecule has 0 spiro atoms. The molecule has 0 radical (unpaired) electrons. The van der Waals surface area contributed by atoms with Crippen LogP contribution in [0.15, 0.2) is 36.9 Å². The number of carbonyl (C=O) groups excluding carboxylic acids is 2. The van der Waals surface area contributed by atoms with Gasteiger partial charge in [-0.05, 0) is 31.0 Å². The van der Waals surface area contributed by atoms with Crippen molar-refractivity contribution in [3.8, 4) is 5.75 Å². The fourth-order valence-electron chi connectivity index (χ4n) is 1.87. The second-order valence-corrected chi connectivity index (χ2v) is 5.50. The summed E-state index contributed by atoms with van der Waals surface area (Å²) in [4.78, 5) is 23.4. The highest BCUT2D eigenvalue weighted by molar-refractivity contribution is 5.81. The standard InChI is InChI=1S/C19H27NO5/c1-4-6-11-24-17-9-7-8-16(12-17)13-20-18(21)14-25-19(22)15(3)23-10-5-2/h5,7-9,12,15H,2,4,6,10-11,13-14H2,1,3H3,(H,20,21). The van der Waals surface area contributed by atoms with E-state index in [2.05, 4.69) is 18.8 Å². The van der Waals surface area contributed by atoms with Gasteiger partial charge in [0.15, 0.2) is 12.7 Å². The van der Waals surface area contributed by atoms with E-state index in [1.54, 1.807) is 6.92 Å². The van der Waals surface area contributed by atoms with Crippen LogP contribution < -0.4 is 10.1 Å². The number of esters is 1. The highest BCUT2D eigenvalue weighted by Crippen LogP contribution is 2.13. The highest BCUT2D eigenvalue weighted by atomic mass is 16.6. The number of unbranched alkanes of at least 4 members (excludes halogenated alkanes) is 1. The first-order valence-corrected chi connectivity index (χ1v) is 8.44. The zero-order valence-electron chi connectivity index (χ0n) is 15.0. The first-order valence-electron chi connectivity index (χ1n) is 8.44. The van der Waals surface area contributed by atoms with Gasteiger partial charge in [-0.3, -0.25) is 4.79 Å². The number of hydrogen-bond acceptors (Lipinski definition) is 5. The van der Waals surface area contributed by atoms with Crippen molar-refractivity contribution in [1.29, 1.82) is 0 Å². The lowest BCUT2D eigenvalue weighted by Gasteiger charge is -2.12. The van der Waals surface area contributed by atoms with Crippen molar-refractivity contribution in [3.63, 3.8) is 0 Å². The first-order chi connectivity index (χ1) is 12.1. The molecule has 6 heteroatoms. The van der Waals surface area contributed by atoms with E-state index in [1.165, 1.54) is 6.08 Å². The van der Waals surface area contributed by atoms with Gasteiger partial charge in [0.05, 0.1) is 13.2 Å². The molecule has 1 atom stereocenters. The molecule has 1 unspecified atom stereocenters. The summed E-state index contributed by atoms with van der Waals surface area (Å²) in [6.07, 6.45) is 2.88. The summed E-state index contributed by atoms with van der Waals surface area (Å²) >= 11 is 0. The quantitative estimate of drug-likeness (QED) is 0.357. The molecule has 1 aromatic rings. The predicted molar refractivity (Wildman–Crippen MR) is 95.3 cm³/mol. The molecule has 0 heterocycles. The van der Waals surface area contributed by atoms with Crippen molar-refractivity contribution in [1.82, 2.24) is 5.32 Å². The maximum Gasteiger partial charge on any atom is 0.335 e. The molecule has 138 valence electrons. The summed E-state index contributed by atoms with van der Waals surface area (Å²) in [5, 5.41) is 2.70. The number of benzene rings is 1. The lowest BCUT2D eigenvalue weighted by atomic mass is 10.2. The summed E-state index contributed by atoms with van der Waals surface area (Å²) < 4.78 is 15.7. The zero-order chi connectivity index (χ0) is 18.5. The SMILES string of the molecule is C=CCOC(C)C(=O)OCC(=O)NCc1cccc(OCCCC)c1. The van der Waals surface area contributed by atoms with Crippen LogP contribution in [0.2, 0.25) is 0 Å². The lowest BCUT2D eigenvalue weighted by molar-refractivity contribution is -0.158. The number of ether oxygens (including phenoxy) is 3. The minimum atomic E-state index is -0.734. The Morgan fingerprint density at radius 2 is 2.16 bits per heavy atom. The Balaban J connectivity index is 2.32. The van der Waals surface area contributed by atoms with E-state index in [4.69, 9.17) is 14.2 Å². The number of hydrogen-bond donors (Lipinski definition) is 1. The Hall–Kier alpha value is -2.34. The Bertz CT molecular complexity index is 559. The molecule has 1 N–H and O–H groups in total. The molecule has 6 nitrogen and oxygen atoms in total. The summed E-state index contributed by atoms with van der Waals surface area (Å²) in [5.74, 6) is -0.176. The smallest absolute Gasteiger partial charge is 0.335 e. The molecule has 0 aromatic heterocycles. The van der Waals surface area contributed by atoms with Gasteiger partial charge in [-0.25, -0.2) is 4.79 Å². The van der Waals surface area contributed by atoms with Crippen LogP contribution in [0.1, 0.15) is 32.3 Å². The summed E-state index contributed by atoms with van der Waals surface area (Å²) in [6.45, 7) is 8.09. The predicted octanol–water partition coefficient (Wildman–Crippen LogP) is 2.62. The van der Waals surface area contributed by atoms with E-state index < -0.39 is 12.1 Å². The molecule has 0 aliphatic heterocycles. The van der Waals surface area contributed by atoms with Crippen LogP contribution in [-0.4, -0.2) is 37.8 Å². The summed E-state index contributed by atoms with van der Waals surface area (Å²) in [5.41, 5.74) is 0.913. The van der Waals surface area contributed by atoms with Gasteiger partial charge < -0.3 is 19.5 Å². The van der Waals surface area contributed by atoms with E-state index in [-0.39, 0.29) is 19.1 Å². The highest BCUT2D eigenvalue weighted by Gasteiger charge is 2.15. The molecular formula is C19H27NO5. The molecule has 1 rings (SSSR count). The maximum atomic E-state index is 11.8. The van der Waals surface area contributed by atoms with Gasteiger partial charge in [-0.2, -0.15) is 0 Å². The van der Waals surface area contributed by atoms with E-state index in [0.29, 0.717) is 13.2 Å². The van der Waals surface area contributed by atoms with Gasteiger partial charge in [-0.1, -0.05) is 31.6 Å². The van der Waals surface area contributed by atoms with Gasteiger partial charge in [0.1, 0.15) is 5.75 Å². The maximum absolute atomic E-state index is 11.8. The monoisotopic (exact) mass is 349 g/mol. The Kier molecular flexibility index (Phi) is 10.0. The molecule has 1 amide bonds. The lowest BCUT2D eigenvalue weighted by Crippen LogP contribution is -2.31. The van der Waals surface area contributed by atoms with Crippen molar-refractivity contribution in [2.75, 3.05) is 19.8 Å². The fraction of sp³-hybridized carbons (Fsp3) is 0.474. The molecular weight excluding hydrogens is 322 g/mol. The molecule has 0 saturated heterocycles. The first kappa shape index (κ1) is 20.7. The molecule has 0 aliphatic carbocycles. The largest absolute Gasteiger partial charge is 0.494 e. The van der Waals surface area contributed by atoms with Gasteiger partial charge in [0, 0.05) is 6.54 Å². The van der Waals surface area contributed by atoms with Crippen LogP contribution in [-0.2, 0) is 25.6 Å². The molecule has 0 bridgehead atoms. The second-order valence-electron chi connectivity index (χ2n) is 5.50. The average Bonchev–Trinajstić information content (AvgIpc) is 2.63. The van der Waals surface area contributed by atoms with Gasteiger partial charge in [0.2, 0.25) is 0 Å². The Morgan fingerprint density at radius 3 is 2.88 bits per heavy atom. The van der Waals surface area contributed by atoms with Crippen molar-refractivity contribution in [3.05, 3.63) is 42.5 Å². The molecule has 1 aromatic carbocycles. The van der Waals surface area contributed by atoms with Gasteiger partial charge in [0.25, 0.3) is 5.91 Å². The Labute approximate surface area is 149 Å². The van der Waals surface area contributed by atoms with Crippen LogP contribution in [0.25, 0.3) is 0 Å². The van der Waals surface area contributed by atoms with E-state index in [1.807, 2.05) is 24.3 Å². The Morgan fingerprint density at radius 1 is 1.36 bits per heavy atom. The number of nitrogens with one attached hydrogen (secondary N) is 1. The van der Waals surface area contributed by atoms with E-state index >= 15 is 0 Å². The fourth-order valence-corrected chi connectivity index (χ4v) is 1.87. The van der Waals surface area contributed by atoms with Crippen LogP contribution in [0.5, 0.6) is 5.75 Å². The number of rotatable bonds is 12. The summed E-state index contributed by atoms with van der Waals surface area (Å²) in [6, 6.07) is 7.53. The van der Waals surface area contributed by atoms with Crippen LogP contribution >= 0.6 is 0 Å². The van der Waals surface area contributed by atoms with Crippen molar-refractivity contribution in [2.24, 2.45) is 0 Å². The number of amides is 1. The van der Waals surface area contributed by atoms with E-state index in [9.17, 15) is 9.59 Å². The molecule has 0 aliphatic rings. The van der Waals surface area contributed by atoms with Crippen molar-refractivity contribution in [2.45, 2.75) is 39.3 Å². The average molecular weight is 349 g/mol. The van der Waals surface area contributed by atoms with Crippen LogP contribution in [0, 0.1) is 0 Å². The minimum Gasteiger partial charge on any atom is -0.494 e. The van der Waals surface area contributed by atoms with Gasteiger partial charge >= 0.3 is 5.97 Å². The third-order valence-corrected chi connectivity index (χ3v) is 3.30. The molecule has 0 fully saturated rings. The molecule has 0 saturated carbocycles. The van der Waals surface area contributed by atoms with Crippen LogP contribution in [0.4, 0.5) is 0 Å². The zero-order valence-corrected chi connectivity index (χ0v) is 15.0. The van der Waals surface area contributed by atoms with Crippen molar-refractivity contribution < 1.29 is 23.8 Å². The number of carbonyl (C=O) groups is 2. The normalized spacial score (nSPS) is 11.4. The van der Waals surface area contributed by atoms with E-state index in [0.717, 1.165) is 24.2 Å². The third kappa shape index (κ3) is 8.91. The molecule has 25 heavy (non-hydrogen) atoms. The van der Waals surface area contributed by atoms with Crippen LogP contribution in [0.3, 0.4) is 0 Å². The minimum absolute atomic E-state index is 0.249.